The summed E-state index contributed by atoms with van der Waals surface area (Å²) in [6.45, 7) is 6.61. The minimum atomic E-state index is 0.430. The average molecular weight is 227 g/mol. The van der Waals surface area contributed by atoms with E-state index >= 15 is 0 Å². The number of hydrogen-bond acceptors (Lipinski definition) is 2. The molecule has 0 aromatic heterocycles. The van der Waals surface area contributed by atoms with Gasteiger partial charge in [-0.25, -0.2) is 0 Å². The molecular formula is C12H15ClO2. The molecule has 0 saturated heterocycles. The molecule has 0 N–H and O–H groups in total. The number of ether oxygens (including phenoxy) is 1. The Hall–Kier alpha value is -1.02. The van der Waals surface area contributed by atoms with Gasteiger partial charge in [0.2, 0.25) is 0 Å². The SMILES string of the molecule is Cc1cc(Cl)cc(C=O)c1OCC(C)C. The van der Waals surface area contributed by atoms with Crippen LogP contribution in [0.15, 0.2) is 12.1 Å². The number of benzene rings is 1. The quantitative estimate of drug-likeness (QED) is 0.735. The third-order valence-corrected chi connectivity index (χ3v) is 2.17. The van der Waals surface area contributed by atoms with Gasteiger partial charge in [0.05, 0.1) is 12.2 Å². The van der Waals surface area contributed by atoms with Crippen LogP contribution in [0.5, 0.6) is 5.75 Å². The Morgan fingerprint density at radius 1 is 1.47 bits per heavy atom. The van der Waals surface area contributed by atoms with E-state index in [1.165, 1.54) is 0 Å². The summed E-state index contributed by atoms with van der Waals surface area (Å²) in [4.78, 5) is 10.8. The normalized spacial score (nSPS) is 10.5. The second-order valence-electron chi connectivity index (χ2n) is 3.96. The maximum Gasteiger partial charge on any atom is 0.153 e. The van der Waals surface area contributed by atoms with Crippen LogP contribution in [0.2, 0.25) is 5.02 Å². The molecule has 0 fully saturated rings. The second kappa shape index (κ2) is 5.17. The summed E-state index contributed by atoms with van der Waals surface area (Å²) in [5, 5.41) is 0.562. The van der Waals surface area contributed by atoms with Crippen LogP contribution in [0.4, 0.5) is 0 Å². The van der Waals surface area contributed by atoms with Gasteiger partial charge in [-0.15, -0.1) is 0 Å². The number of aldehydes is 1. The van der Waals surface area contributed by atoms with Gasteiger partial charge in [-0.2, -0.15) is 0 Å². The molecule has 0 aliphatic heterocycles. The van der Waals surface area contributed by atoms with Crippen LogP contribution in [0.1, 0.15) is 29.8 Å². The molecule has 0 bridgehead atoms. The van der Waals surface area contributed by atoms with E-state index in [1.54, 1.807) is 12.1 Å². The van der Waals surface area contributed by atoms with Crippen LogP contribution in [-0.4, -0.2) is 12.9 Å². The fraction of sp³-hybridized carbons (Fsp3) is 0.417. The maximum absolute atomic E-state index is 10.8. The first-order chi connectivity index (χ1) is 7.04. The van der Waals surface area contributed by atoms with Crippen molar-refractivity contribution in [1.29, 1.82) is 0 Å². The molecular weight excluding hydrogens is 212 g/mol. The van der Waals surface area contributed by atoms with Gasteiger partial charge in [-0.05, 0) is 30.5 Å². The molecule has 1 aromatic rings. The summed E-state index contributed by atoms with van der Waals surface area (Å²) in [6, 6.07) is 3.42. The van der Waals surface area contributed by atoms with Crippen molar-refractivity contribution in [3.8, 4) is 5.75 Å². The van der Waals surface area contributed by atoms with Crippen molar-refractivity contribution in [3.05, 3.63) is 28.3 Å². The van der Waals surface area contributed by atoms with Crippen LogP contribution in [-0.2, 0) is 0 Å². The molecule has 3 heteroatoms. The summed E-state index contributed by atoms with van der Waals surface area (Å²) >= 11 is 5.85. The highest BCUT2D eigenvalue weighted by atomic mass is 35.5. The minimum Gasteiger partial charge on any atom is -0.492 e. The molecule has 0 heterocycles. The first-order valence-corrected chi connectivity index (χ1v) is 5.30. The zero-order valence-corrected chi connectivity index (χ0v) is 9.97. The fourth-order valence-corrected chi connectivity index (χ4v) is 1.57. The lowest BCUT2D eigenvalue weighted by Gasteiger charge is -2.13. The Morgan fingerprint density at radius 3 is 2.67 bits per heavy atom. The number of rotatable bonds is 4. The third-order valence-electron chi connectivity index (χ3n) is 1.96. The van der Waals surface area contributed by atoms with Gasteiger partial charge in [0, 0.05) is 5.02 Å². The maximum atomic E-state index is 10.8. The van der Waals surface area contributed by atoms with Gasteiger partial charge >= 0.3 is 0 Å². The van der Waals surface area contributed by atoms with Gasteiger partial charge in [0.15, 0.2) is 6.29 Å². The molecule has 0 unspecified atom stereocenters. The van der Waals surface area contributed by atoms with Crippen molar-refractivity contribution in [2.75, 3.05) is 6.61 Å². The second-order valence-corrected chi connectivity index (χ2v) is 4.40. The Labute approximate surface area is 95.2 Å². The summed E-state index contributed by atoms with van der Waals surface area (Å²) in [5.41, 5.74) is 1.41. The minimum absolute atomic E-state index is 0.430. The van der Waals surface area contributed by atoms with Crippen molar-refractivity contribution in [2.45, 2.75) is 20.8 Å². The molecule has 0 aliphatic rings. The van der Waals surface area contributed by atoms with Crippen LogP contribution in [0.25, 0.3) is 0 Å². The van der Waals surface area contributed by atoms with E-state index in [0.717, 1.165) is 11.8 Å². The summed E-state index contributed by atoms with van der Waals surface area (Å²) < 4.78 is 5.59. The highest BCUT2D eigenvalue weighted by Gasteiger charge is 2.09. The molecule has 15 heavy (non-hydrogen) atoms. The Kier molecular flexibility index (Phi) is 4.15. The van der Waals surface area contributed by atoms with Crippen molar-refractivity contribution in [3.63, 3.8) is 0 Å². The molecule has 0 saturated carbocycles. The number of aryl methyl sites for hydroxylation is 1. The van der Waals surface area contributed by atoms with E-state index in [4.69, 9.17) is 16.3 Å². The third kappa shape index (κ3) is 3.24. The zero-order chi connectivity index (χ0) is 11.4. The van der Waals surface area contributed by atoms with Crippen molar-refractivity contribution < 1.29 is 9.53 Å². The van der Waals surface area contributed by atoms with Crippen LogP contribution in [0.3, 0.4) is 0 Å². The summed E-state index contributed by atoms with van der Waals surface area (Å²) in [6.07, 6.45) is 0.772. The average Bonchev–Trinajstić information content (AvgIpc) is 2.14. The van der Waals surface area contributed by atoms with E-state index in [0.29, 0.717) is 28.9 Å². The highest BCUT2D eigenvalue weighted by Crippen LogP contribution is 2.26. The Balaban J connectivity index is 2.99. The number of halogens is 1. The van der Waals surface area contributed by atoms with Crippen molar-refractivity contribution >= 4 is 17.9 Å². The van der Waals surface area contributed by atoms with Gasteiger partial charge in [0.1, 0.15) is 5.75 Å². The molecule has 0 aliphatic carbocycles. The van der Waals surface area contributed by atoms with E-state index in [2.05, 4.69) is 13.8 Å². The van der Waals surface area contributed by atoms with Crippen LogP contribution < -0.4 is 4.74 Å². The van der Waals surface area contributed by atoms with Crippen LogP contribution in [0, 0.1) is 12.8 Å². The molecule has 0 amide bonds. The zero-order valence-electron chi connectivity index (χ0n) is 9.21. The number of hydrogen-bond donors (Lipinski definition) is 0. The molecule has 1 rings (SSSR count). The monoisotopic (exact) mass is 226 g/mol. The number of carbonyl (C=O) groups excluding carboxylic acids is 1. The first-order valence-electron chi connectivity index (χ1n) is 4.92. The van der Waals surface area contributed by atoms with E-state index in [-0.39, 0.29) is 0 Å². The lowest BCUT2D eigenvalue weighted by atomic mass is 10.1. The van der Waals surface area contributed by atoms with E-state index < -0.39 is 0 Å². The predicted molar refractivity (Wildman–Crippen MR) is 61.9 cm³/mol. The predicted octanol–water partition coefficient (Wildman–Crippen LogP) is 3.50. The molecule has 0 atom stereocenters. The smallest absolute Gasteiger partial charge is 0.153 e. The van der Waals surface area contributed by atoms with Crippen molar-refractivity contribution in [1.82, 2.24) is 0 Å². The van der Waals surface area contributed by atoms with E-state index in [9.17, 15) is 4.79 Å². The Morgan fingerprint density at radius 2 is 2.13 bits per heavy atom. The highest BCUT2D eigenvalue weighted by molar-refractivity contribution is 6.31. The molecule has 2 nitrogen and oxygen atoms in total. The first kappa shape index (κ1) is 12.1. The standard InChI is InChI=1S/C12H15ClO2/c1-8(2)7-15-12-9(3)4-11(13)5-10(12)6-14/h4-6,8H,7H2,1-3H3. The topological polar surface area (TPSA) is 26.3 Å². The van der Waals surface area contributed by atoms with Gasteiger partial charge in [-0.3, -0.25) is 4.79 Å². The number of carbonyl (C=O) groups is 1. The molecule has 0 spiro atoms. The van der Waals surface area contributed by atoms with Gasteiger partial charge < -0.3 is 4.74 Å². The fourth-order valence-electron chi connectivity index (χ4n) is 1.29. The lowest BCUT2D eigenvalue weighted by Crippen LogP contribution is -2.07. The molecule has 82 valence electrons. The van der Waals surface area contributed by atoms with Gasteiger partial charge in [-0.1, -0.05) is 25.4 Å². The lowest BCUT2D eigenvalue weighted by molar-refractivity contribution is 0.111. The molecule has 0 radical (unpaired) electrons. The summed E-state index contributed by atoms with van der Waals surface area (Å²) in [5.74, 6) is 1.07. The van der Waals surface area contributed by atoms with E-state index in [1.807, 2.05) is 6.92 Å². The Bertz CT molecular complexity index is 359. The van der Waals surface area contributed by atoms with Gasteiger partial charge in [0.25, 0.3) is 0 Å². The molecule has 1 aromatic carbocycles. The largest absolute Gasteiger partial charge is 0.492 e. The van der Waals surface area contributed by atoms with Crippen molar-refractivity contribution in [2.24, 2.45) is 5.92 Å². The summed E-state index contributed by atoms with van der Waals surface area (Å²) in [7, 11) is 0. The van der Waals surface area contributed by atoms with Crippen LogP contribution >= 0.6 is 11.6 Å².